The third-order valence-corrected chi connectivity index (χ3v) is 26.9. The lowest BCUT2D eigenvalue weighted by Crippen LogP contribution is -2.26. The van der Waals surface area contributed by atoms with Gasteiger partial charge in [-0.3, -0.25) is 0 Å². The summed E-state index contributed by atoms with van der Waals surface area (Å²) in [6.07, 6.45) is 0. The van der Waals surface area contributed by atoms with E-state index in [2.05, 4.69) is 463 Å². The number of anilines is 5. The Morgan fingerprint density at radius 2 is 0.463 bits per heavy atom. The first kappa shape index (κ1) is 70.2. The topological polar surface area (TPSA) is 15.3 Å². The molecule has 0 heterocycles. The molecule has 564 valence electrons. The van der Waals surface area contributed by atoms with Crippen molar-refractivity contribution < 1.29 is 0 Å². The molecule has 0 saturated heterocycles. The molecule has 0 aliphatic heterocycles. The van der Waals surface area contributed by atoms with Crippen LogP contribution in [0.25, 0.3) is 155 Å². The predicted molar refractivity (Wildman–Crippen MR) is 510 cm³/mol. The van der Waals surface area contributed by atoms with Crippen molar-refractivity contribution in [3.05, 3.63) is 498 Å². The highest BCUT2D eigenvalue weighted by molar-refractivity contribution is 9.10. The molecule has 20 aromatic carbocycles. The quantitative estimate of drug-likeness (QED) is 0.155. The first-order valence-corrected chi connectivity index (χ1v) is 42.7. The normalized spacial score (nSPS) is 14.6. The maximum atomic E-state index is 3.82. The minimum absolute atomic E-state index is 0.333. The van der Waals surface area contributed by atoms with Gasteiger partial charge < -0.3 is 10.2 Å². The van der Waals surface area contributed by atoms with E-state index >= 15 is 0 Å². The largest absolute Gasteiger partial charge is 0.356 e. The minimum Gasteiger partial charge on any atom is -0.356 e. The van der Waals surface area contributed by atoms with Crippen LogP contribution in [0, 0.1) is 0 Å². The van der Waals surface area contributed by atoms with Gasteiger partial charge in [-0.05, 0) is 285 Å². The van der Waals surface area contributed by atoms with Crippen LogP contribution in [0.3, 0.4) is 0 Å². The van der Waals surface area contributed by atoms with Crippen molar-refractivity contribution in [2.75, 3.05) is 10.2 Å². The van der Waals surface area contributed by atoms with Gasteiger partial charge >= 0.3 is 0 Å². The van der Waals surface area contributed by atoms with Crippen LogP contribution < -0.4 is 10.2 Å². The van der Waals surface area contributed by atoms with E-state index in [0.717, 1.165) is 32.9 Å². The Kier molecular flexibility index (Phi) is 16.3. The van der Waals surface area contributed by atoms with Crippen molar-refractivity contribution in [2.24, 2.45) is 0 Å². The maximum absolute atomic E-state index is 3.82. The predicted octanol–water partition coefficient (Wildman–Crippen LogP) is 32.0. The number of fused-ring (bicyclic) bond motifs is 28. The number of nitrogens with one attached hydrogen (secondary N) is 1. The van der Waals surface area contributed by atoms with Gasteiger partial charge in [-0.1, -0.05) is 380 Å². The molecule has 6 aliphatic rings. The van der Waals surface area contributed by atoms with Crippen LogP contribution in [0.5, 0.6) is 0 Å². The summed E-state index contributed by atoms with van der Waals surface area (Å²) in [6, 6.07) is 165. The Balaban J connectivity index is 0.000000115. The van der Waals surface area contributed by atoms with Crippen molar-refractivity contribution >= 4 is 65.9 Å². The van der Waals surface area contributed by atoms with Crippen LogP contribution in [0.15, 0.2) is 453 Å². The highest BCUT2D eigenvalue weighted by Crippen LogP contribution is 2.69. The van der Waals surface area contributed by atoms with Crippen LogP contribution in [0.1, 0.15) is 44.5 Å². The van der Waals surface area contributed by atoms with E-state index in [-0.39, 0.29) is 5.41 Å². The van der Waals surface area contributed by atoms with Gasteiger partial charge in [0.05, 0.1) is 10.8 Å². The summed E-state index contributed by atoms with van der Waals surface area (Å²) >= 11 is 3.82. The van der Waals surface area contributed by atoms with Crippen molar-refractivity contribution in [1.29, 1.82) is 0 Å². The first-order chi connectivity index (χ1) is 59.9. The molecule has 121 heavy (non-hydrogen) atoms. The molecule has 2 nitrogen and oxygen atoms in total. The summed E-state index contributed by atoms with van der Waals surface area (Å²) in [5.41, 5.74) is 46.8. The molecule has 0 bridgehead atoms. The van der Waals surface area contributed by atoms with Crippen molar-refractivity contribution in [3.63, 3.8) is 0 Å². The maximum Gasteiger partial charge on any atom is 0.0726 e. The summed E-state index contributed by atoms with van der Waals surface area (Å²) in [7, 11) is 0. The van der Waals surface area contributed by atoms with Gasteiger partial charge in [-0.2, -0.15) is 0 Å². The van der Waals surface area contributed by atoms with Crippen LogP contribution in [-0.4, -0.2) is 0 Å². The van der Waals surface area contributed by atoms with Gasteiger partial charge in [0.2, 0.25) is 0 Å². The number of hydrogen-bond acceptors (Lipinski definition) is 2. The molecule has 2 atom stereocenters. The lowest BCUT2D eigenvalue weighted by molar-refractivity contribution is 0.794. The van der Waals surface area contributed by atoms with E-state index in [1.165, 1.54) is 200 Å². The Labute approximate surface area is 713 Å². The molecule has 1 N–H and O–H groups in total. The van der Waals surface area contributed by atoms with E-state index in [0.29, 0.717) is 0 Å². The number of rotatable bonds is 9. The summed E-state index contributed by atoms with van der Waals surface area (Å²) < 4.78 is 1.12. The van der Waals surface area contributed by atoms with Gasteiger partial charge in [0.25, 0.3) is 0 Å². The smallest absolute Gasteiger partial charge is 0.0726 e. The van der Waals surface area contributed by atoms with Crippen LogP contribution in [0.2, 0.25) is 0 Å². The molecule has 6 aliphatic carbocycles. The molecule has 3 heteroatoms. The number of halogens is 1. The highest BCUT2D eigenvalue weighted by Gasteiger charge is 2.55. The van der Waals surface area contributed by atoms with Crippen molar-refractivity contribution in [3.8, 4) is 134 Å². The summed E-state index contributed by atoms with van der Waals surface area (Å²) in [4.78, 5) is 2.44. The summed E-state index contributed by atoms with van der Waals surface area (Å²) in [5.74, 6) is 0. The average Bonchev–Trinajstić information content (AvgIpc) is 1.50. The van der Waals surface area contributed by atoms with Gasteiger partial charge in [-0.15, -0.1) is 0 Å². The van der Waals surface area contributed by atoms with Crippen molar-refractivity contribution in [2.45, 2.75) is 10.8 Å². The average molecular weight is 1600 g/mol. The minimum atomic E-state index is -0.508. The molecule has 0 amide bonds. The number of benzene rings is 20. The van der Waals surface area contributed by atoms with Gasteiger partial charge in [0.15, 0.2) is 0 Å². The third-order valence-electron chi connectivity index (χ3n) is 26.4. The third kappa shape index (κ3) is 10.8. The second kappa shape index (κ2) is 28.1. The second-order valence-electron chi connectivity index (χ2n) is 32.5. The fourth-order valence-electron chi connectivity index (χ4n) is 21.3. The fourth-order valence-corrected chi connectivity index (χ4v) is 21.7. The van der Waals surface area contributed by atoms with Crippen LogP contribution >= 0.6 is 15.9 Å². The van der Waals surface area contributed by atoms with E-state index < -0.39 is 5.41 Å². The molecule has 26 rings (SSSR count). The SMILES string of the molecule is Brc1ccc2c(c1)C1(c3ccccc3-2)c2ccccc2-c2c1cc1c3c(cccc23)-c2ccccc2-1.c1ccc(-c2ccc(N(c3ccc(-c4ccccc4)cc3)c3ccc4c(c3)C3(c5ccccc5-4)c4ccccc4-c4c3cc3c5c(cccc45)-c4ccccc4-3)cc2)cc1.c1ccc(-c2ccc(Nc3ccc(-c4ccccc4)cc3)cc2)cc1. The second-order valence-corrected chi connectivity index (χ2v) is 33.4. The van der Waals surface area contributed by atoms with Gasteiger partial charge in [-0.25, -0.2) is 0 Å². The molecule has 2 spiro atoms. The van der Waals surface area contributed by atoms with E-state index in [4.69, 9.17) is 0 Å². The standard InChI is InChI=1S/C59H37N.C35H19Br.C24H19N/c1-3-14-38(15-4-1)40-26-30-42(31-27-40)60(43-32-28-41(29-33-43)39-16-5-2-6-17-39)44-34-35-48-47-20-9-11-24-53(47)59(55(48)36-44)54-25-12-10-21-50(54)58-51-23-13-22-49-45-18-7-8-19-46(45)52(57(49)51)37-56(58)59;36-20-16-17-24-23-10-3-5-14-29(23)35(31(24)18-20)30-15-6-4-11-26(30)34-27-13-7-12-25-21-8-1-2-9-22(21)28(33(25)27)19-32(34)35;1-3-7-19(8-4-1)21-11-15-23(16-12-21)25-24-17-13-22(14-18-24)20-9-5-2-6-10-20/h1-37H;1-19H;1-18,25H. The lowest BCUT2D eigenvalue weighted by Gasteiger charge is -2.32. The Morgan fingerprint density at radius 1 is 0.182 bits per heavy atom. The Hall–Kier alpha value is -15.0. The van der Waals surface area contributed by atoms with Crippen LogP contribution in [-0.2, 0) is 10.8 Å². The molecule has 2 unspecified atom stereocenters. The van der Waals surface area contributed by atoms with Gasteiger partial charge in [0.1, 0.15) is 0 Å². The zero-order valence-electron chi connectivity index (χ0n) is 66.0. The van der Waals surface area contributed by atoms with E-state index in [1.54, 1.807) is 0 Å². The molecule has 0 saturated carbocycles. The molecule has 0 fully saturated rings. The number of hydrogen-bond donors (Lipinski definition) is 1. The monoisotopic (exact) mass is 1600 g/mol. The number of nitrogens with zero attached hydrogens (tertiary/aromatic N) is 1. The molecule has 20 aromatic rings. The summed E-state index contributed by atoms with van der Waals surface area (Å²) in [6.45, 7) is 0. The molecular formula is C118H75BrN2. The van der Waals surface area contributed by atoms with E-state index in [1.807, 2.05) is 12.1 Å². The Bertz CT molecular complexity index is 7400. The zero-order chi connectivity index (χ0) is 79.9. The molecule has 0 radical (unpaired) electrons. The lowest BCUT2D eigenvalue weighted by atomic mass is 9.70. The zero-order valence-corrected chi connectivity index (χ0v) is 67.6. The van der Waals surface area contributed by atoms with E-state index in [9.17, 15) is 0 Å². The van der Waals surface area contributed by atoms with Gasteiger partial charge in [0, 0.05) is 32.9 Å². The first-order valence-electron chi connectivity index (χ1n) is 41.9. The summed E-state index contributed by atoms with van der Waals surface area (Å²) in [5, 5.41) is 8.92. The highest BCUT2D eigenvalue weighted by atomic mass is 79.9. The molecule has 0 aromatic heterocycles. The Morgan fingerprint density at radius 3 is 0.851 bits per heavy atom. The fraction of sp³-hybridized carbons (Fsp3) is 0.0169. The molecular weight excluding hydrogens is 1530 g/mol. The van der Waals surface area contributed by atoms with Crippen molar-refractivity contribution in [1.82, 2.24) is 0 Å². The van der Waals surface area contributed by atoms with Crippen LogP contribution in [0.4, 0.5) is 28.4 Å².